The summed E-state index contributed by atoms with van der Waals surface area (Å²) < 4.78 is 39.1. The van der Waals surface area contributed by atoms with Crippen LogP contribution in [-0.2, 0) is 6.18 Å². The number of hydrogen-bond acceptors (Lipinski definition) is 1. The number of hydrogen-bond donors (Lipinski definition) is 1. The van der Waals surface area contributed by atoms with Crippen LogP contribution >= 0.6 is 23.2 Å². The number of rotatable bonds is 3. The van der Waals surface area contributed by atoms with Crippen LogP contribution in [0, 0.1) is 0 Å². The summed E-state index contributed by atoms with van der Waals surface area (Å²) in [5, 5.41) is 3.37. The molecular formula is C15H12Cl2F3N. The zero-order valence-electron chi connectivity index (χ0n) is 11.0. The molecule has 0 spiro atoms. The van der Waals surface area contributed by atoms with Crippen LogP contribution in [0.1, 0.15) is 24.1 Å². The van der Waals surface area contributed by atoms with Gasteiger partial charge >= 0.3 is 6.18 Å². The van der Waals surface area contributed by atoms with E-state index in [9.17, 15) is 13.2 Å². The van der Waals surface area contributed by atoms with Crippen LogP contribution in [0.4, 0.5) is 18.9 Å². The van der Waals surface area contributed by atoms with Gasteiger partial charge in [0, 0.05) is 11.1 Å². The van der Waals surface area contributed by atoms with Gasteiger partial charge in [0.05, 0.1) is 16.3 Å². The fourth-order valence-electron chi connectivity index (χ4n) is 1.98. The van der Waals surface area contributed by atoms with Crippen molar-refractivity contribution < 1.29 is 13.2 Å². The predicted molar refractivity (Wildman–Crippen MR) is 79.9 cm³/mol. The van der Waals surface area contributed by atoms with Gasteiger partial charge in [-0.1, -0.05) is 41.4 Å². The summed E-state index contributed by atoms with van der Waals surface area (Å²) in [5.41, 5.74) is -0.140. The molecule has 0 amide bonds. The molecule has 1 unspecified atom stereocenters. The van der Waals surface area contributed by atoms with Gasteiger partial charge in [-0.3, -0.25) is 0 Å². The average molecular weight is 334 g/mol. The first-order valence-electron chi connectivity index (χ1n) is 6.16. The van der Waals surface area contributed by atoms with Gasteiger partial charge in [-0.25, -0.2) is 0 Å². The molecule has 0 bridgehead atoms. The van der Waals surface area contributed by atoms with Crippen LogP contribution in [0.3, 0.4) is 0 Å². The molecular weight excluding hydrogens is 322 g/mol. The first-order chi connectivity index (χ1) is 9.79. The topological polar surface area (TPSA) is 12.0 Å². The Morgan fingerprint density at radius 2 is 1.71 bits per heavy atom. The second-order valence-electron chi connectivity index (χ2n) is 4.58. The van der Waals surface area contributed by atoms with E-state index in [1.54, 1.807) is 31.2 Å². The van der Waals surface area contributed by atoms with Crippen molar-refractivity contribution >= 4 is 28.9 Å². The molecule has 0 aromatic heterocycles. The molecule has 2 rings (SSSR count). The van der Waals surface area contributed by atoms with E-state index in [-0.39, 0.29) is 16.8 Å². The van der Waals surface area contributed by atoms with Crippen molar-refractivity contribution in [3.63, 3.8) is 0 Å². The fourth-order valence-corrected chi connectivity index (χ4v) is 2.41. The molecule has 0 aliphatic heterocycles. The van der Waals surface area contributed by atoms with Gasteiger partial charge < -0.3 is 5.32 Å². The highest BCUT2D eigenvalue weighted by Crippen LogP contribution is 2.39. The molecule has 0 saturated heterocycles. The summed E-state index contributed by atoms with van der Waals surface area (Å²) in [7, 11) is 0. The Labute approximate surface area is 130 Å². The van der Waals surface area contributed by atoms with Gasteiger partial charge in [0.2, 0.25) is 0 Å². The van der Waals surface area contributed by atoms with Crippen molar-refractivity contribution in [2.45, 2.75) is 19.1 Å². The summed E-state index contributed by atoms with van der Waals surface area (Å²) in [6.45, 7) is 1.75. The Morgan fingerprint density at radius 3 is 2.33 bits per heavy atom. The molecule has 21 heavy (non-hydrogen) atoms. The summed E-state index contributed by atoms with van der Waals surface area (Å²) in [5.74, 6) is 0. The Balaban J connectivity index is 2.35. The molecule has 0 radical (unpaired) electrons. The van der Waals surface area contributed by atoms with Gasteiger partial charge in [0.25, 0.3) is 0 Å². The molecule has 1 atom stereocenters. The molecule has 0 aliphatic carbocycles. The number of alkyl halides is 3. The van der Waals surface area contributed by atoms with E-state index in [4.69, 9.17) is 23.2 Å². The van der Waals surface area contributed by atoms with Crippen LogP contribution in [0.25, 0.3) is 0 Å². The summed E-state index contributed by atoms with van der Waals surface area (Å²) >= 11 is 11.8. The highest BCUT2D eigenvalue weighted by atomic mass is 35.5. The Kier molecular flexibility index (Phi) is 4.69. The molecule has 0 heterocycles. The number of nitrogens with one attached hydrogen (secondary N) is 1. The summed E-state index contributed by atoms with van der Waals surface area (Å²) in [4.78, 5) is 0. The number of benzene rings is 2. The lowest BCUT2D eigenvalue weighted by Crippen LogP contribution is -2.14. The molecule has 6 heteroatoms. The van der Waals surface area contributed by atoms with Crippen molar-refractivity contribution in [2.75, 3.05) is 5.32 Å². The summed E-state index contributed by atoms with van der Waals surface area (Å²) in [6.07, 6.45) is -4.47. The van der Waals surface area contributed by atoms with Crippen LogP contribution in [0.15, 0.2) is 42.5 Å². The summed E-state index contributed by atoms with van der Waals surface area (Å²) in [6, 6.07) is 10.3. The lowest BCUT2D eigenvalue weighted by atomic mass is 10.1. The van der Waals surface area contributed by atoms with E-state index in [2.05, 4.69) is 5.32 Å². The van der Waals surface area contributed by atoms with Crippen LogP contribution in [0.2, 0.25) is 10.0 Å². The van der Waals surface area contributed by atoms with Gasteiger partial charge in [-0.05, 0) is 36.8 Å². The third-order valence-electron chi connectivity index (χ3n) is 3.03. The normalized spacial score (nSPS) is 13.0. The Bertz CT molecular complexity index is 641. The lowest BCUT2D eigenvalue weighted by molar-refractivity contribution is -0.137. The largest absolute Gasteiger partial charge is 0.418 e. The maximum atomic E-state index is 13.0. The lowest BCUT2D eigenvalue weighted by Gasteiger charge is -2.21. The van der Waals surface area contributed by atoms with Crippen molar-refractivity contribution in [1.82, 2.24) is 0 Å². The van der Waals surface area contributed by atoms with E-state index in [0.717, 1.165) is 11.6 Å². The number of para-hydroxylation sites is 1. The first-order valence-corrected chi connectivity index (χ1v) is 6.92. The Hall–Kier alpha value is -1.39. The van der Waals surface area contributed by atoms with Crippen molar-refractivity contribution in [2.24, 2.45) is 0 Å². The second kappa shape index (κ2) is 6.16. The predicted octanol–water partition coefficient (Wildman–Crippen LogP) is 6.19. The zero-order chi connectivity index (χ0) is 15.6. The fraction of sp³-hybridized carbons (Fsp3) is 0.200. The minimum Gasteiger partial charge on any atom is -0.377 e. The maximum Gasteiger partial charge on any atom is 0.418 e. The van der Waals surface area contributed by atoms with Gasteiger partial charge in [0.1, 0.15) is 0 Å². The van der Waals surface area contributed by atoms with Crippen molar-refractivity contribution in [1.29, 1.82) is 0 Å². The maximum absolute atomic E-state index is 13.0. The molecule has 1 N–H and O–H groups in total. The standard InChI is InChI=1S/C15H12Cl2F3N/c1-9(10-4-2-5-11(16)8-10)21-14-12(15(18,19)20)6-3-7-13(14)17/h2-9,21H,1H3. The van der Waals surface area contributed by atoms with E-state index < -0.39 is 11.7 Å². The minimum absolute atomic E-state index is 0.0266. The first kappa shape index (κ1) is 16.0. The van der Waals surface area contributed by atoms with Crippen molar-refractivity contribution in [3.8, 4) is 0 Å². The van der Waals surface area contributed by atoms with Crippen LogP contribution in [0.5, 0.6) is 0 Å². The monoisotopic (exact) mass is 333 g/mol. The molecule has 0 aliphatic rings. The minimum atomic E-state index is -4.47. The number of anilines is 1. The van der Waals surface area contributed by atoms with Crippen LogP contribution < -0.4 is 5.32 Å². The molecule has 1 nitrogen and oxygen atoms in total. The van der Waals surface area contributed by atoms with E-state index in [1.165, 1.54) is 12.1 Å². The van der Waals surface area contributed by atoms with E-state index in [1.807, 2.05) is 0 Å². The molecule has 2 aromatic carbocycles. The smallest absolute Gasteiger partial charge is 0.377 e. The molecule has 112 valence electrons. The van der Waals surface area contributed by atoms with Crippen LogP contribution in [-0.4, -0.2) is 0 Å². The third kappa shape index (κ3) is 3.83. The second-order valence-corrected chi connectivity index (χ2v) is 5.42. The zero-order valence-corrected chi connectivity index (χ0v) is 12.5. The van der Waals surface area contributed by atoms with E-state index >= 15 is 0 Å². The highest BCUT2D eigenvalue weighted by Gasteiger charge is 2.34. The molecule has 0 fully saturated rings. The molecule has 0 saturated carbocycles. The average Bonchev–Trinajstić information content (AvgIpc) is 2.39. The quantitative estimate of drug-likeness (QED) is 0.706. The van der Waals surface area contributed by atoms with Gasteiger partial charge in [0.15, 0.2) is 0 Å². The van der Waals surface area contributed by atoms with E-state index in [0.29, 0.717) is 5.02 Å². The van der Waals surface area contributed by atoms with Crippen molar-refractivity contribution in [3.05, 3.63) is 63.6 Å². The Morgan fingerprint density at radius 1 is 1.05 bits per heavy atom. The third-order valence-corrected chi connectivity index (χ3v) is 3.58. The number of halogens is 5. The molecule has 2 aromatic rings. The van der Waals surface area contributed by atoms with Gasteiger partial charge in [-0.2, -0.15) is 13.2 Å². The van der Waals surface area contributed by atoms with Gasteiger partial charge in [-0.15, -0.1) is 0 Å². The highest BCUT2D eigenvalue weighted by molar-refractivity contribution is 6.33. The SMILES string of the molecule is CC(Nc1c(Cl)cccc1C(F)(F)F)c1cccc(Cl)c1.